The van der Waals surface area contributed by atoms with Crippen molar-refractivity contribution in [3.8, 4) is 0 Å². The fraction of sp³-hybridized carbons (Fsp3) is 0.0714. The highest BCUT2D eigenvalue weighted by molar-refractivity contribution is 6.31. The van der Waals surface area contributed by atoms with Gasteiger partial charge in [0.2, 0.25) is 0 Å². The van der Waals surface area contributed by atoms with Crippen LogP contribution < -0.4 is 11.1 Å². The number of nitrogens with one attached hydrogen (secondary N) is 1. The Hall–Kier alpha value is -2.14. The Bertz CT molecular complexity index is 669. The number of hydrogen-bond acceptors (Lipinski definition) is 2. The second-order valence-corrected chi connectivity index (χ2v) is 4.75. The molecule has 20 heavy (non-hydrogen) atoms. The smallest absolute Gasteiger partial charge is 0.255 e. The van der Waals surface area contributed by atoms with Gasteiger partial charge in [-0.1, -0.05) is 11.6 Å². The molecule has 0 aromatic heterocycles. The minimum atomic E-state index is -0.716. The van der Waals surface area contributed by atoms with Crippen LogP contribution in [0.15, 0.2) is 30.3 Å². The lowest BCUT2D eigenvalue weighted by Gasteiger charge is -2.09. The van der Waals surface area contributed by atoms with Gasteiger partial charge in [-0.3, -0.25) is 4.79 Å². The Morgan fingerprint density at radius 3 is 2.50 bits per heavy atom. The van der Waals surface area contributed by atoms with Crippen LogP contribution in [-0.4, -0.2) is 5.91 Å². The van der Waals surface area contributed by atoms with E-state index in [9.17, 15) is 13.6 Å². The maximum atomic E-state index is 13.6. The van der Waals surface area contributed by atoms with Crippen LogP contribution in [0.4, 0.5) is 20.2 Å². The van der Waals surface area contributed by atoms with E-state index in [0.29, 0.717) is 5.69 Å². The molecule has 1 amide bonds. The first kappa shape index (κ1) is 14.3. The molecule has 0 fully saturated rings. The summed E-state index contributed by atoms with van der Waals surface area (Å²) < 4.78 is 27.0. The number of amides is 1. The van der Waals surface area contributed by atoms with Crippen LogP contribution in [0.1, 0.15) is 15.9 Å². The normalized spacial score (nSPS) is 10.4. The van der Waals surface area contributed by atoms with Crippen molar-refractivity contribution in [3.05, 3.63) is 58.1 Å². The van der Waals surface area contributed by atoms with Gasteiger partial charge in [-0.25, -0.2) is 8.78 Å². The minimum absolute atomic E-state index is 0.160. The van der Waals surface area contributed by atoms with Gasteiger partial charge in [-0.05, 0) is 36.8 Å². The summed E-state index contributed by atoms with van der Waals surface area (Å²) in [5, 5.41) is 2.56. The van der Waals surface area contributed by atoms with Gasteiger partial charge in [0.15, 0.2) is 0 Å². The number of benzene rings is 2. The molecule has 0 aliphatic heterocycles. The molecular weight excluding hydrogens is 286 g/mol. The first-order valence-electron chi connectivity index (χ1n) is 5.70. The average Bonchev–Trinajstić information content (AvgIpc) is 2.34. The Labute approximate surface area is 119 Å². The van der Waals surface area contributed by atoms with Crippen LogP contribution >= 0.6 is 11.6 Å². The highest BCUT2D eigenvalue weighted by atomic mass is 35.5. The molecule has 0 saturated carbocycles. The molecule has 2 rings (SSSR count). The van der Waals surface area contributed by atoms with Crippen molar-refractivity contribution in [2.75, 3.05) is 11.1 Å². The van der Waals surface area contributed by atoms with Crippen LogP contribution in [0.25, 0.3) is 0 Å². The Morgan fingerprint density at radius 2 is 1.85 bits per heavy atom. The number of carbonyl (C=O) groups is 1. The zero-order valence-corrected chi connectivity index (χ0v) is 11.3. The zero-order valence-electron chi connectivity index (χ0n) is 10.5. The Morgan fingerprint density at radius 1 is 1.15 bits per heavy atom. The predicted molar refractivity (Wildman–Crippen MR) is 74.9 cm³/mol. The van der Waals surface area contributed by atoms with Crippen molar-refractivity contribution >= 4 is 28.9 Å². The quantitative estimate of drug-likeness (QED) is 0.829. The number of carbonyl (C=O) groups excluding carboxylic acids is 1. The molecule has 0 radical (unpaired) electrons. The standard InChI is InChI=1S/C14H11ClF2N2O/c1-7-2-12(17)13(6-11(7)16)19-14(20)8-3-9(15)5-10(18)4-8/h2-6H,18H2,1H3,(H,19,20). The topological polar surface area (TPSA) is 55.1 Å². The lowest BCUT2D eigenvalue weighted by molar-refractivity contribution is 0.102. The highest BCUT2D eigenvalue weighted by Crippen LogP contribution is 2.21. The molecule has 104 valence electrons. The molecule has 0 atom stereocenters. The number of halogens is 3. The third-order valence-electron chi connectivity index (χ3n) is 2.68. The van der Waals surface area contributed by atoms with Crippen molar-refractivity contribution in [2.24, 2.45) is 0 Å². The van der Waals surface area contributed by atoms with Crippen LogP contribution in [0.2, 0.25) is 5.02 Å². The van der Waals surface area contributed by atoms with Gasteiger partial charge in [0, 0.05) is 22.3 Å². The fourth-order valence-electron chi connectivity index (χ4n) is 1.68. The van der Waals surface area contributed by atoms with E-state index in [1.165, 1.54) is 25.1 Å². The lowest BCUT2D eigenvalue weighted by atomic mass is 10.1. The third kappa shape index (κ3) is 3.05. The molecule has 0 unspecified atom stereocenters. The zero-order chi connectivity index (χ0) is 14.9. The molecule has 0 aliphatic rings. The van der Waals surface area contributed by atoms with E-state index in [1.807, 2.05) is 0 Å². The lowest BCUT2D eigenvalue weighted by Crippen LogP contribution is -2.13. The van der Waals surface area contributed by atoms with Crippen molar-refractivity contribution in [1.29, 1.82) is 0 Å². The van der Waals surface area contributed by atoms with Crippen molar-refractivity contribution in [1.82, 2.24) is 0 Å². The molecule has 0 aliphatic carbocycles. The molecule has 3 nitrogen and oxygen atoms in total. The SMILES string of the molecule is Cc1cc(F)c(NC(=O)c2cc(N)cc(Cl)c2)cc1F. The third-order valence-corrected chi connectivity index (χ3v) is 2.90. The summed E-state index contributed by atoms with van der Waals surface area (Å²) in [7, 11) is 0. The molecular formula is C14H11ClF2N2O. The summed E-state index contributed by atoms with van der Waals surface area (Å²) in [6.45, 7) is 1.43. The van der Waals surface area contributed by atoms with E-state index in [-0.39, 0.29) is 21.8 Å². The second kappa shape index (κ2) is 5.46. The molecule has 2 aromatic carbocycles. The van der Waals surface area contributed by atoms with Gasteiger partial charge in [-0.2, -0.15) is 0 Å². The summed E-state index contributed by atoms with van der Waals surface area (Å²) >= 11 is 5.78. The monoisotopic (exact) mass is 296 g/mol. The average molecular weight is 297 g/mol. The van der Waals surface area contributed by atoms with Gasteiger partial charge in [-0.15, -0.1) is 0 Å². The molecule has 0 heterocycles. The maximum Gasteiger partial charge on any atom is 0.255 e. The number of rotatable bonds is 2. The van der Waals surface area contributed by atoms with Crippen LogP contribution in [-0.2, 0) is 0 Å². The summed E-state index contributed by atoms with van der Waals surface area (Å²) in [4.78, 5) is 12.0. The van der Waals surface area contributed by atoms with Gasteiger partial charge >= 0.3 is 0 Å². The molecule has 0 saturated heterocycles. The molecule has 6 heteroatoms. The van der Waals surface area contributed by atoms with Crippen LogP contribution in [0.5, 0.6) is 0 Å². The van der Waals surface area contributed by atoms with Crippen LogP contribution in [0, 0.1) is 18.6 Å². The number of aryl methyl sites for hydroxylation is 1. The largest absolute Gasteiger partial charge is 0.399 e. The maximum absolute atomic E-state index is 13.6. The van der Waals surface area contributed by atoms with Crippen LogP contribution in [0.3, 0.4) is 0 Å². The predicted octanol–water partition coefficient (Wildman–Crippen LogP) is 3.76. The molecule has 0 spiro atoms. The van der Waals surface area contributed by atoms with Gasteiger partial charge < -0.3 is 11.1 Å². The molecule has 2 aromatic rings. The van der Waals surface area contributed by atoms with Crippen molar-refractivity contribution in [2.45, 2.75) is 6.92 Å². The van der Waals surface area contributed by atoms with E-state index in [2.05, 4.69) is 5.32 Å². The summed E-state index contributed by atoms with van der Waals surface area (Å²) in [6, 6.07) is 6.19. The van der Waals surface area contributed by atoms with E-state index >= 15 is 0 Å². The van der Waals surface area contributed by atoms with E-state index in [4.69, 9.17) is 17.3 Å². The van der Waals surface area contributed by atoms with Gasteiger partial charge in [0.05, 0.1) is 5.69 Å². The molecule has 0 bridgehead atoms. The van der Waals surface area contributed by atoms with Gasteiger partial charge in [0.1, 0.15) is 11.6 Å². The highest BCUT2D eigenvalue weighted by Gasteiger charge is 2.13. The number of nitrogen functional groups attached to an aromatic ring is 1. The van der Waals surface area contributed by atoms with E-state index in [1.54, 1.807) is 0 Å². The number of hydrogen-bond donors (Lipinski definition) is 2. The number of anilines is 2. The van der Waals surface area contributed by atoms with E-state index < -0.39 is 17.5 Å². The Kier molecular flexibility index (Phi) is 3.90. The summed E-state index contributed by atoms with van der Waals surface area (Å²) in [6.07, 6.45) is 0. The second-order valence-electron chi connectivity index (χ2n) is 4.31. The van der Waals surface area contributed by atoms with E-state index in [0.717, 1.165) is 12.1 Å². The summed E-state index contributed by atoms with van der Waals surface area (Å²) in [5.74, 6) is -1.94. The number of nitrogens with two attached hydrogens (primary N) is 1. The van der Waals surface area contributed by atoms with Gasteiger partial charge in [0.25, 0.3) is 5.91 Å². The minimum Gasteiger partial charge on any atom is -0.399 e. The molecule has 3 N–H and O–H groups in total. The first-order chi connectivity index (χ1) is 9.36. The van der Waals surface area contributed by atoms with Crippen molar-refractivity contribution in [3.63, 3.8) is 0 Å². The summed E-state index contributed by atoms with van der Waals surface area (Å²) in [5.41, 5.74) is 5.95. The fourth-order valence-corrected chi connectivity index (χ4v) is 1.92. The van der Waals surface area contributed by atoms with Crippen molar-refractivity contribution < 1.29 is 13.6 Å². The first-order valence-corrected chi connectivity index (χ1v) is 6.07. The Balaban J connectivity index is 2.30.